The highest BCUT2D eigenvalue weighted by Gasteiger charge is 2.25. The molecule has 9 heteroatoms. The van der Waals surface area contributed by atoms with Gasteiger partial charge in [0, 0.05) is 44.5 Å². The molecule has 0 radical (unpaired) electrons. The van der Waals surface area contributed by atoms with Crippen LogP contribution in [0.3, 0.4) is 0 Å². The topological polar surface area (TPSA) is 94.6 Å². The van der Waals surface area contributed by atoms with Crippen LogP contribution in [0.1, 0.15) is 22.4 Å². The number of hydrogen-bond acceptors (Lipinski definition) is 6. The Morgan fingerprint density at radius 2 is 2.06 bits per heavy atom. The Bertz CT molecular complexity index is 1270. The molecule has 2 aromatic carbocycles. The summed E-state index contributed by atoms with van der Waals surface area (Å²) in [6.45, 7) is 6.64. The van der Waals surface area contributed by atoms with Gasteiger partial charge in [0.1, 0.15) is 30.0 Å². The van der Waals surface area contributed by atoms with E-state index in [2.05, 4.69) is 11.6 Å². The van der Waals surface area contributed by atoms with Crippen LogP contribution in [0, 0.1) is 17.1 Å². The minimum atomic E-state index is -0.544. The Balaban J connectivity index is 1.36. The van der Waals surface area contributed by atoms with Crippen molar-refractivity contribution < 1.29 is 19.0 Å². The van der Waals surface area contributed by atoms with Crippen molar-refractivity contribution in [3.63, 3.8) is 0 Å². The molecule has 0 saturated carbocycles. The second kappa shape index (κ2) is 10.8. The summed E-state index contributed by atoms with van der Waals surface area (Å²) in [5, 5.41) is 19.1. The Labute approximate surface area is 203 Å². The lowest BCUT2D eigenvalue weighted by molar-refractivity contribution is -0.136. The third kappa shape index (κ3) is 5.86. The number of carbonyl (C=O) groups excluding carboxylic acids is 1. The number of rotatable bonds is 9. The first kappa shape index (κ1) is 24.0. The molecule has 1 amide bonds. The van der Waals surface area contributed by atoms with E-state index in [-0.39, 0.29) is 23.8 Å². The van der Waals surface area contributed by atoms with Crippen molar-refractivity contribution in [3.8, 4) is 17.6 Å². The summed E-state index contributed by atoms with van der Waals surface area (Å²) in [6, 6.07) is 11.4. The van der Waals surface area contributed by atoms with Crippen LogP contribution in [0.4, 0.5) is 4.39 Å². The largest absolute Gasteiger partial charge is 0.508 e. The van der Waals surface area contributed by atoms with Crippen LogP contribution in [0.5, 0.6) is 11.5 Å². The van der Waals surface area contributed by atoms with Crippen molar-refractivity contribution in [2.45, 2.75) is 19.6 Å². The lowest BCUT2D eigenvalue weighted by atomic mass is 10.1. The molecule has 4 rings (SSSR count). The number of imidazole rings is 1. The number of hydrogen-bond donors (Lipinski definition) is 1. The molecule has 8 nitrogen and oxygen atoms in total. The van der Waals surface area contributed by atoms with E-state index in [1.807, 2.05) is 15.5 Å². The first-order valence-electron chi connectivity index (χ1n) is 11.2. The number of nitrogens with zero attached hydrogens (tertiary/aromatic N) is 5. The van der Waals surface area contributed by atoms with E-state index in [4.69, 9.17) is 10.00 Å². The fraction of sp³-hybridized carbons (Fsp3) is 0.269. The number of phenols is 1. The zero-order valence-electron chi connectivity index (χ0n) is 19.2. The van der Waals surface area contributed by atoms with E-state index in [9.17, 15) is 14.3 Å². The monoisotopic (exact) mass is 475 g/mol. The van der Waals surface area contributed by atoms with E-state index in [0.717, 1.165) is 11.3 Å². The Kier molecular flexibility index (Phi) is 7.43. The Hall–Kier alpha value is -4.16. The number of piperazine rings is 1. The van der Waals surface area contributed by atoms with Crippen LogP contribution >= 0.6 is 0 Å². The number of ether oxygens (including phenoxy) is 1. The maximum atomic E-state index is 14.0. The molecule has 1 aromatic heterocycles. The number of aromatic hydroxyl groups is 1. The summed E-state index contributed by atoms with van der Waals surface area (Å²) in [5.74, 6) is 0.152. The molecule has 0 unspecified atom stereocenters. The first-order chi connectivity index (χ1) is 17.0. The van der Waals surface area contributed by atoms with Gasteiger partial charge in [0.25, 0.3) is 0 Å². The van der Waals surface area contributed by atoms with E-state index >= 15 is 0 Å². The van der Waals surface area contributed by atoms with Gasteiger partial charge in [-0.25, -0.2) is 9.37 Å². The standard InChI is InChI=1S/C26H26FN5O3/c1-2-9-35-23-5-6-25(33)21(11-23)15-31-8-7-30(17-26(31)34)16-22-13-29-18-32(22)14-19-3-4-20(12-28)24(27)10-19/h2-6,10-11,13,18,33H,1,7-9,14-17H2. The third-order valence-corrected chi connectivity index (χ3v) is 5.87. The van der Waals surface area contributed by atoms with Crippen LogP contribution in [-0.4, -0.2) is 56.6 Å². The van der Waals surface area contributed by atoms with E-state index < -0.39 is 5.82 Å². The smallest absolute Gasteiger partial charge is 0.237 e. The number of benzene rings is 2. The summed E-state index contributed by atoms with van der Waals surface area (Å²) in [5.41, 5.74) is 2.27. The number of nitriles is 1. The quantitative estimate of drug-likeness (QED) is 0.478. The van der Waals surface area contributed by atoms with Crippen molar-refractivity contribution >= 4 is 5.91 Å². The molecule has 1 N–H and O–H groups in total. The van der Waals surface area contributed by atoms with E-state index in [0.29, 0.717) is 50.6 Å². The molecule has 1 aliphatic rings. The normalized spacial score (nSPS) is 14.1. The van der Waals surface area contributed by atoms with Crippen molar-refractivity contribution in [3.05, 3.63) is 89.8 Å². The highest BCUT2D eigenvalue weighted by atomic mass is 19.1. The predicted molar refractivity (Wildman–Crippen MR) is 127 cm³/mol. The van der Waals surface area contributed by atoms with Crippen molar-refractivity contribution in [1.29, 1.82) is 5.26 Å². The second-order valence-electron chi connectivity index (χ2n) is 8.36. The van der Waals surface area contributed by atoms with Gasteiger partial charge in [0.15, 0.2) is 0 Å². The summed E-state index contributed by atoms with van der Waals surface area (Å²) in [6.07, 6.45) is 5.06. The number of amides is 1. The van der Waals surface area contributed by atoms with Gasteiger partial charge < -0.3 is 19.3 Å². The van der Waals surface area contributed by atoms with Crippen LogP contribution < -0.4 is 4.74 Å². The van der Waals surface area contributed by atoms with Crippen molar-refractivity contribution in [2.75, 3.05) is 26.2 Å². The molecule has 0 aliphatic carbocycles. The number of carbonyl (C=O) groups is 1. The lowest BCUT2D eigenvalue weighted by Crippen LogP contribution is -2.49. The van der Waals surface area contributed by atoms with Crippen LogP contribution in [0.25, 0.3) is 0 Å². The van der Waals surface area contributed by atoms with Crippen molar-refractivity contribution in [1.82, 2.24) is 19.4 Å². The molecule has 35 heavy (non-hydrogen) atoms. The van der Waals surface area contributed by atoms with Gasteiger partial charge in [-0.1, -0.05) is 18.7 Å². The van der Waals surface area contributed by atoms with Gasteiger partial charge in [0.2, 0.25) is 5.91 Å². The summed E-state index contributed by atoms with van der Waals surface area (Å²) >= 11 is 0. The number of halogens is 1. The van der Waals surface area contributed by atoms with E-state index in [1.165, 1.54) is 12.1 Å². The molecule has 1 fully saturated rings. The summed E-state index contributed by atoms with van der Waals surface area (Å²) in [4.78, 5) is 20.8. The lowest BCUT2D eigenvalue weighted by Gasteiger charge is -2.34. The minimum absolute atomic E-state index is 0.0142. The van der Waals surface area contributed by atoms with E-state index in [1.54, 1.807) is 47.8 Å². The molecule has 0 atom stereocenters. The maximum Gasteiger partial charge on any atom is 0.237 e. The van der Waals surface area contributed by atoms with Gasteiger partial charge >= 0.3 is 0 Å². The molecule has 2 heterocycles. The van der Waals surface area contributed by atoms with Gasteiger partial charge in [-0.05, 0) is 35.9 Å². The fourth-order valence-electron chi connectivity index (χ4n) is 3.99. The maximum absolute atomic E-state index is 14.0. The first-order valence-corrected chi connectivity index (χ1v) is 11.2. The summed E-state index contributed by atoms with van der Waals surface area (Å²) < 4.78 is 21.4. The highest BCUT2D eigenvalue weighted by Crippen LogP contribution is 2.25. The van der Waals surface area contributed by atoms with Crippen LogP contribution in [0.2, 0.25) is 0 Å². The molecule has 1 saturated heterocycles. The average Bonchev–Trinajstić information content (AvgIpc) is 3.27. The van der Waals surface area contributed by atoms with Crippen LogP contribution in [0.15, 0.2) is 61.6 Å². The predicted octanol–water partition coefficient (Wildman–Crippen LogP) is 3.06. The van der Waals surface area contributed by atoms with Crippen LogP contribution in [-0.2, 0) is 24.4 Å². The molecule has 0 spiro atoms. The van der Waals surface area contributed by atoms with Crippen molar-refractivity contribution in [2.24, 2.45) is 0 Å². The molecule has 3 aromatic rings. The SMILES string of the molecule is C=CCOc1ccc(O)c(CN2CCN(Cc3cncn3Cc3ccc(C#N)c(F)c3)CC2=O)c1. The fourth-order valence-corrected chi connectivity index (χ4v) is 3.99. The number of phenolic OH excluding ortho intramolecular Hbond substituents is 1. The van der Waals surface area contributed by atoms with Gasteiger partial charge in [-0.2, -0.15) is 5.26 Å². The Morgan fingerprint density at radius 3 is 2.80 bits per heavy atom. The molecule has 0 bridgehead atoms. The third-order valence-electron chi connectivity index (χ3n) is 5.87. The highest BCUT2D eigenvalue weighted by molar-refractivity contribution is 5.79. The molecule has 180 valence electrons. The summed E-state index contributed by atoms with van der Waals surface area (Å²) in [7, 11) is 0. The zero-order valence-corrected chi connectivity index (χ0v) is 19.2. The minimum Gasteiger partial charge on any atom is -0.508 e. The number of aromatic nitrogens is 2. The molecular formula is C26H26FN5O3. The van der Waals surface area contributed by atoms with Gasteiger partial charge in [-0.3, -0.25) is 9.69 Å². The second-order valence-corrected chi connectivity index (χ2v) is 8.36. The Morgan fingerprint density at radius 1 is 1.20 bits per heavy atom. The average molecular weight is 476 g/mol. The zero-order chi connectivity index (χ0) is 24.8. The van der Waals surface area contributed by atoms with Gasteiger partial charge in [0.05, 0.1) is 24.1 Å². The molecule has 1 aliphatic heterocycles. The van der Waals surface area contributed by atoms with Gasteiger partial charge in [-0.15, -0.1) is 0 Å². The molecular weight excluding hydrogens is 449 g/mol.